The fourth-order valence-electron chi connectivity index (χ4n) is 1.75. The van der Waals surface area contributed by atoms with Gasteiger partial charge in [0.05, 0.1) is 11.3 Å². The molecular weight excluding hydrogens is 285 g/mol. The van der Waals surface area contributed by atoms with E-state index in [0.717, 1.165) is 18.3 Å². The van der Waals surface area contributed by atoms with E-state index in [9.17, 15) is 18.0 Å². The van der Waals surface area contributed by atoms with Crippen LogP contribution in [-0.4, -0.2) is 16.1 Å². The topological polar surface area (TPSA) is 62.2 Å². The number of nitrogens with one attached hydrogen (secondary N) is 1. The summed E-state index contributed by atoms with van der Waals surface area (Å²) in [6.07, 6.45) is -1.97. The third kappa shape index (κ3) is 3.31. The number of aromatic carboxylic acids is 1. The summed E-state index contributed by atoms with van der Waals surface area (Å²) in [4.78, 5) is 14.7. The van der Waals surface area contributed by atoms with Gasteiger partial charge in [-0.2, -0.15) is 13.2 Å². The summed E-state index contributed by atoms with van der Waals surface area (Å²) in [5.41, 5.74) is 0.0189. The van der Waals surface area contributed by atoms with Crippen molar-refractivity contribution in [2.45, 2.75) is 13.1 Å². The van der Waals surface area contributed by atoms with Crippen LogP contribution in [0.4, 0.5) is 24.5 Å². The van der Waals surface area contributed by atoms with Crippen molar-refractivity contribution in [3.8, 4) is 0 Å². The fourth-order valence-corrected chi connectivity index (χ4v) is 1.75. The van der Waals surface area contributed by atoms with Crippen LogP contribution >= 0.6 is 0 Å². The third-order valence-corrected chi connectivity index (χ3v) is 2.89. The van der Waals surface area contributed by atoms with E-state index in [1.807, 2.05) is 0 Å². The number of carbonyl (C=O) groups is 1. The van der Waals surface area contributed by atoms with Crippen molar-refractivity contribution >= 4 is 17.3 Å². The summed E-state index contributed by atoms with van der Waals surface area (Å²) >= 11 is 0. The number of alkyl halides is 3. The predicted molar refractivity (Wildman–Crippen MR) is 70.7 cm³/mol. The first kappa shape index (κ1) is 14.8. The van der Waals surface area contributed by atoms with Gasteiger partial charge in [0, 0.05) is 18.1 Å². The van der Waals surface area contributed by atoms with Gasteiger partial charge in [-0.05, 0) is 30.7 Å². The van der Waals surface area contributed by atoms with Crippen molar-refractivity contribution in [3.63, 3.8) is 0 Å². The molecule has 7 heteroatoms. The number of carboxylic acids is 1. The first-order valence-corrected chi connectivity index (χ1v) is 5.91. The molecule has 0 fully saturated rings. The van der Waals surface area contributed by atoms with E-state index in [0.29, 0.717) is 5.56 Å². The number of hydrogen-bond acceptors (Lipinski definition) is 3. The predicted octanol–water partition coefficient (Wildman–Crippen LogP) is 3.85. The molecule has 0 bridgehead atoms. The van der Waals surface area contributed by atoms with Gasteiger partial charge in [0.15, 0.2) is 0 Å². The van der Waals surface area contributed by atoms with Gasteiger partial charge in [0.25, 0.3) is 0 Å². The van der Waals surface area contributed by atoms with E-state index >= 15 is 0 Å². The number of nitrogens with zero attached hydrogens (tertiary/aromatic N) is 1. The zero-order valence-electron chi connectivity index (χ0n) is 10.9. The second-order valence-electron chi connectivity index (χ2n) is 4.38. The minimum Gasteiger partial charge on any atom is -0.478 e. The van der Waals surface area contributed by atoms with Gasteiger partial charge in [0.1, 0.15) is 5.56 Å². The van der Waals surface area contributed by atoms with Crippen LogP contribution in [0.5, 0.6) is 0 Å². The molecule has 2 N–H and O–H groups in total. The molecule has 1 heterocycles. The Bertz CT molecular complexity index is 684. The number of anilines is 2. The van der Waals surface area contributed by atoms with E-state index in [1.54, 1.807) is 6.92 Å². The molecule has 0 radical (unpaired) electrons. The highest BCUT2D eigenvalue weighted by Gasteiger charge is 2.30. The van der Waals surface area contributed by atoms with Crippen LogP contribution in [0.25, 0.3) is 0 Å². The van der Waals surface area contributed by atoms with Gasteiger partial charge < -0.3 is 10.4 Å². The number of aryl methyl sites for hydroxylation is 1. The highest BCUT2D eigenvalue weighted by molar-refractivity contribution is 5.94. The lowest BCUT2D eigenvalue weighted by atomic mass is 10.1. The Morgan fingerprint density at radius 1 is 1.24 bits per heavy atom. The molecule has 110 valence electrons. The molecule has 0 amide bonds. The van der Waals surface area contributed by atoms with Crippen LogP contribution in [0.3, 0.4) is 0 Å². The van der Waals surface area contributed by atoms with Crippen molar-refractivity contribution in [1.29, 1.82) is 0 Å². The second kappa shape index (κ2) is 5.43. The molecule has 0 aliphatic rings. The van der Waals surface area contributed by atoms with Gasteiger partial charge in [-0.3, -0.25) is 4.98 Å². The highest BCUT2D eigenvalue weighted by atomic mass is 19.4. The van der Waals surface area contributed by atoms with Crippen LogP contribution in [0.2, 0.25) is 0 Å². The largest absolute Gasteiger partial charge is 0.478 e. The summed E-state index contributed by atoms with van der Waals surface area (Å²) in [6.45, 7) is 1.63. The van der Waals surface area contributed by atoms with E-state index < -0.39 is 17.7 Å². The van der Waals surface area contributed by atoms with Crippen LogP contribution in [0.1, 0.15) is 21.5 Å². The number of carboxylic acid groups (broad SMARTS) is 1. The summed E-state index contributed by atoms with van der Waals surface area (Å²) in [6, 6.07) is 4.64. The average molecular weight is 296 g/mol. The number of benzene rings is 1. The van der Waals surface area contributed by atoms with Gasteiger partial charge in [-0.1, -0.05) is 6.07 Å². The quantitative estimate of drug-likeness (QED) is 0.903. The number of hydrogen-bond donors (Lipinski definition) is 2. The Kier molecular flexibility index (Phi) is 3.84. The summed E-state index contributed by atoms with van der Waals surface area (Å²) in [5.74, 6) is -1.21. The fraction of sp³-hybridized carbons (Fsp3) is 0.143. The Labute approximate surface area is 118 Å². The molecule has 2 aromatic rings. The maximum absolute atomic E-state index is 12.7. The first-order chi connectivity index (χ1) is 9.79. The molecule has 4 nitrogen and oxygen atoms in total. The molecule has 0 aliphatic heterocycles. The first-order valence-electron chi connectivity index (χ1n) is 5.91. The number of rotatable bonds is 3. The van der Waals surface area contributed by atoms with Crippen molar-refractivity contribution in [3.05, 3.63) is 53.3 Å². The number of halogens is 3. The van der Waals surface area contributed by atoms with Crippen molar-refractivity contribution in [1.82, 2.24) is 4.98 Å². The van der Waals surface area contributed by atoms with Gasteiger partial charge >= 0.3 is 12.1 Å². The van der Waals surface area contributed by atoms with E-state index in [2.05, 4.69) is 10.3 Å². The molecule has 2 rings (SSSR count). The molecule has 0 aliphatic carbocycles. The summed E-state index contributed by atoms with van der Waals surface area (Å²) < 4.78 is 38.1. The lowest BCUT2D eigenvalue weighted by molar-refractivity contribution is -0.137. The number of pyridine rings is 1. The Morgan fingerprint density at radius 2 is 1.95 bits per heavy atom. The minimum absolute atomic E-state index is 0.116. The van der Waals surface area contributed by atoms with Gasteiger partial charge in [0.2, 0.25) is 0 Å². The maximum atomic E-state index is 12.7. The zero-order chi connectivity index (χ0) is 15.6. The number of aromatic nitrogens is 1. The molecule has 1 aromatic heterocycles. The van der Waals surface area contributed by atoms with Crippen LogP contribution in [-0.2, 0) is 6.18 Å². The molecule has 0 saturated carbocycles. The lowest BCUT2D eigenvalue weighted by Gasteiger charge is -2.14. The molecule has 21 heavy (non-hydrogen) atoms. The van der Waals surface area contributed by atoms with Crippen molar-refractivity contribution < 1.29 is 23.1 Å². The molecule has 1 aromatic carbocycles. The Balaban J connectivity index is 2.43. The van der Waals surface area contributed by atoms with E-state index in [-0.39, 0.29) is 16.9 Å². The molecular formula is C14H11F3N2O2. The Morgan fingerprint density at radius 3 is 2.57 bits per heavy atom. The van der Waals surface area contributed by atoms with E-state index in [1.165, 1.54) is 18.3 Å². The summed E-state index contributed by atoms with van der Waals surface area (Å²) in [5, 5.41) is 11.8. The molecule has 0 saturated heterocycles. The van der Waals surface area contributed by atoms with Gasteiger partial charge in [-0.25, -0.2) is 4.79 Å². The monoisotopic (exact) mass is 296 g/mol. The van der Waals surface area contributed by atoms with Crippen molar-refractivity contribution in [2.24, 2.45) is 0 Å². The second-order valence-corrected chi connectivity index (χ2v) is 4.38. The lowest BCUT2D eigenvalue weighted by Crippen LogP contribution is -2.07. The van der Waals surface area contributed by atoms with Gasteiger partial charge in [-0.15, -0.1) is 0 Å². The molecule has 0 unspecified atom stereocenters. The van der Waals surface area contributed by atoms with Crippen LogP contribution in [0.15, 0.2) is 36.7 Å². The van der Waals surface area contributed by atoms with Crippen LogP contribution < -0.4 is 5.32 Å². The van der Waals surface area contributed by atoms with E-state index in [4.69, 9.17) is 5.11 Å². The standard InChI is InChI=1S/C14H11F3N2O2/c1-8-2-3-9(14(15,16)17)6-12(8)19-11-4-5-18-7-10(11)13(20)21/h2-7H,1H3,(H,18,19)(H,20,21). The third-order valence-electron chi connectivity index (χ3n) is 2.89. The normalized spacial score (nSPS) is 11.2. The molecule has 0 spiro atoms. The van der Waals surface area contributed by atoms with Crippen LogP contribution in [0, 0.1) is 6.92 Å². The highest BCUT2D eigenvalue weighted by Crippen LogP contribution is 2.33. The summed E-state index contributed by atoms with van der Waals surface area (Å²) in [7, 11) is 0. The molecule has 0 atom stereocenters. The van der Waals surface area contributed by atoms with Crippen molar-refractivity contribution in [2.75, 3.05) is 5.32 Å². The average Bonchev–Trinajstić information content (AvgIpc) is 2.40. The zero-order valence-corrected chi connectivity index (χ0v) is 10.9. The Hall–Kier alpha value is -2.57. The smallest absolute Gasteiger partial charge is 0.416 e. The maximum Gasteiger partial charge on any atom is 0.416 e. The minimum atomic E-state index is -4.46. The SMILES string of the molecule is Cc1ccc(C(F)(F)F)cc1Nc1ccncc1C(=O)O.